The Morgan fingerprint density at radius 3 is 1.12 bits per heavy atom. The largest absolute Gasteiger partial charge is 0.312 e. The van der Waals surface area contributed by atoms with E-state index in [-0.39, 0.29) is 0 Å². The predicted molar refractivity (Wildman–Crippen MR) is 348 cm³/mol. The Kier molecular flexibility index (Phi) is 10.9. The number of anilines is 9. The fraction of sp³-hybridized carbons (Fsp3) is 0.0400. The lowest BCUT2D eigenvalue weighted by molar-refractivity contribution is 1.30. The van der Waals surface area contributed by atoms with Gasteiger partial charge in [0.05, 0.1) is 0 Å². The lowest BCUT2D eigenvalue weighted by Gasteiger charge is -2.35. The first kappa shape index (κ1) is 47.3. The van der Waals surface area contributed by atoms with Crippen molar-refractivity contribution in [3.63, 3.8) is 0 Å². The van der Waals surface area contributed by atoms with Crippen LogP contribution in [0.1, 0.15) is 16.7 Å². The van der Waals surface area contributed by atoms with E-state index < -0.39 is 0 Å². The molecule has 6 heteroatoms. The van der Waals surface area contributed by atoms with Crippen molar-refractivity contribution in [1.82, 2.24) is 0 Å². The summed E-state index contributed by atoms with van der Waals surface area (Å²) >= 11 is 0. The van der Waals surface area contributed by atoms with Gasteiger partial charge < -0.3 is 14.7 Å². The van der Waals surface area contributed by atoms with Gasteiger partial charge in [0.1, 0.15) is 0 Å². The second-order valence-electron chi connectivity index (χ2n) is 22.4. The molecule has 0 atom stereocenters. The van der Waals surface area contributed by atoms with Crippen molar-refractivity contribution < 1.29 is 0 Å². The lowest BCUT2D eigenvalue weighted by atomic mass is 9.37. The fourth-order valence-electron chi connectivity index (χ4n) is 14.7. The summed E-state index contributed by atoms with van der Waals surface area (Å²) in [5.74, 6) is 0. The maximum absolute atomic E-state index is 2.42. The van der Waals surface area contributed by atoms with E-state index in [1.807, 2.05) is 0 Å². The molecule has 12 aromatic carbocycles. The SMILES string of the molecule is Cc1ccc2c(c1)-c1cccc3c1B2c1ccccc1N3c1ccccc1.Cc1ccc2c(c1)B1c3ccccc3N(c3ccccc3)c3cccc-2c31.Cc1cccc2c1-c1cccc3c1B2c1ccccc1N3c1ccccc1. The molecule has 6 heterocycles. The van der Waals surface area contributed by atoms with Crippen molar-refractivity contribution in [1.29, 1.82) is 0 Å². The van der Waals surface area contributed by atoms with E-state index in [0.29, 0.717) is 20.1 Å². The predicted octanol–water partition coefficient (Wildman–Crippen LogP) is 12.8. The average molecular weight is 1030 g/mol. The summed E-state index contributed by atoms with van der Waals surface area (Å²) in [6.07, 6.45) is 0. The van der Waals surface area contributed by atoms with Crippen molar-refractivity contribution in [2.45, 2.75) is 20.8 Å². The van der Waals surface area contributed by atoms with Crippen molar-refractivity contribution in [3.05, 3.63) is 290 Å². The Balaban J connectivity index is 0.000000100. The maximum atomic E-state index is 2.42. The maximum Gasteiger partial charge on any atom is 0.248 e. The van der Waals surface area contributed by atoms with Crippen LogP contribution in [-0.4, -0.2) is 20.1 Å². The minimum atomic E-state index is 0.322. The molecule has 18 rings (SSSR count). The first-order valence-electron chi connectivity index (χ1n) is 28.5. The van der Waals surface area contributed by atoms with E-state index >= 15 is 0 Å². The van der Waals surface area contributed by atoms with Gasteiger partial charge in [-0.2, -0.15) is 0 Å². The number of hydrogen-bond acceptors (Lipinski definition) is 3. The molecule has 0 N–H and O–H groups in total. The van der Waals surface area contributed by atoms with Gasteiger partial charge in [-0.15, -0.1) is 0 Å². The second kappa shape index (κ2) is 18.7. The third kappa shape index (κ3) is 7.19. The molecule has 0 bridgehead atoms. The normalized spacial score (nSPS) is 13.2. The van der Waals surface area contributed by atoms with E-state index in [0.717, 1.165) is 0 Å². The lowest BCUT2D eigenvalue weighted by Crippen LogP contribution is -2.54. The molecular weight excluding hydrogens is 975 g/mol. The zero-order chi connectivity index (χ0) is 53.9. The molecule has 0 spiro atoms. The molecule has 0 radical (unpaired) electrons. The minimum absolute atomic E-state index is 0.322. The number of rotatable bonds is 3. The summed E-state index contributed by atoms with van der Waals surface area (Å²) in [4.78, 5) is 7.26. The molecule has 0 unspecified atom stereocenters. The summed E-state index contributed by atoms with van der Waals surface area (Å²) in [5.41, 5.74) is 36.6. The molecule has 6 aliphatic heterocycles. The number of aryl methyl sites for hydroxylation is 3. The summed E-state index contributed by atoms with van der Waals surface area (Å²) in [6, 6.07) is 99.6. The van der Waals surface area contributed by atoms with Gasteiger partial charge in [-0.3, -0.25) is 0 Å². The Hall–Kier alpha value is -9.77. The van der Waals surface area contributed by atoms with Gasteiger partial charge >= 0.3 is 0 Å². The van der Waals surface area contributed by atoms with Crippen LogP contribution < -0.4 is 63.9 Å². The molecule has 12 aromatic rings. The molecule has 0 aromatic heterocycles. The van der Waals surface area contributed by atoms with E-state index in [1.165, 1.54) is 150 Å². The summed E-state index contributed by atoms with van der Waals surface area (Å²) in [6.45, 7) is 7.57. The number of benzene rings is 12. The Morgan fingerprint density at radius 1 is 0.235 bits per heavy atom. The van der Waals surface area contributed by atoms with Crippen molar-refractivity contribution >= 4 is 120 Å². The number of nitrogens with zero attached hydrogens (tertiary/aromatic N) is 3. The van der Waals surface area contributed by atoms with Crippen LogP contribution in [0, 0.1) is 20.8 Å². The van der Waals surface area contributed by atoms with Crippen LogP contribution in [0.2, 0.25) is 0 Å². The average Bonchev–Trinajstić information content (AvgIpc) is 4.03. The molecule has 0 saturated carbocycles. The van der Waals surface area contributed by atoms with Crippen LogP contribution in [0.15, 0.2) is 273 Å². The standard InChI is InChI=1S/3C25H18BN/c1-17-9-7-14-21-24(17)19-12-8-16-23-25(19)26(21)20-13-5-6-15-22(20)27(23)18-10-3-2-4-11-18;1-17-14-15-19-20-10-7-13-24-25(20)26(22(19)16-17)21-11-5-6-12-23(21)27(24)18-8-3-2-4-9-18;1-17-14-15-21-20(16-17)19-10-7-13-24-25(19)26(21)22-11-5-6-12-23(22)27(24)18-8-3-2-4-9-18/h3*2-16H,1H3. The van der Waals surface area contributed by atoms with E-state index in [9.17, 15) is 0 Å². The molecule has 6 aliphatic rings. The van der Waals surface area contributed by atoms with Gasteiger partial charge in [-0.1, -0.05) is 228 Å². The molecule has 0 amide bonds. The van der Waals surface area contributed by atoms with E-state index in [1.54, 1.807) is 0 Å². The number of para-hydroxylation sites is 6. The van der Waals surface area contributed by atoms with Crippen LogP contribution in [-0.2, 0) is 0 Å². The quantitative estimate of drug-likeness (QED) is 0.163. The van der Waals surface area contributed by atoms with Crippen LogP contribution in [0.3, 0.4) is 0 Å². The first-order chi connectivity index (χ1) is 40.0. The van der Waals surface area contributed by atoms with Crippen molar-refractivity contribution in [2.75, 3.05) is 14.7 Å². The first-order valence-corrected chi connectivity index (χ1v) is 28.5. The van der Waals surface area contributed by atoms with Crippen LogP contribution >= 0.6 is 0 Å². The van der Waals surface area contributed by atoms with Gasteiger partial charge in [0, 0.05) is 51.2 Å². The molecule has 0 aliphatic carbocycles. The van der Waals surface area contributed by atoms with Crippen LogP contribution in [0.5, 0.6) is 0 Å². The van der Waals surface area contributed by atoms with Gasteiger partial charge in [0.2, 0.25) is 20.1 Å². The zero-order valence-electron chi connectivity index (χ0n) is 45.6. The smallest absolute Gasteiger partial charge is 0.248 e. The highest BCUT2D eigenvalue weighted by Gasteiger charge is 2.45. The number of fused-ring (bicyclic) bond motifs is 15. The van der Waals surface area contributed by atoms with Crippen molar-refractivity contribution in [2.24, 2.45) is 0 Å². The van der Waals surface area contributed by atoms with Gasteiger partial charge in [-0.25, -0.2) is 0 Å². The van der Waals surface area contributed by atoms with E-state index in [4.69, 9.17) is 0 Å². The molecule has 0 fully saturated rings. The summed E-state index contributed by atoms with van der Waals surface area (Å²) < 4.78 is 0. The highest BCUT2D eigenvalue weighted by atomic mass is 15.2. The fourth-order valence-corrected chi connectivity index (χ4v) is 14.7. The van der Waals surface area contributed by atoms with E-state index in [2.05, 4.69) is 308 Å². The van der Waals surface area contributed by atoms with Gasteiger partial charge in [0.25, 0.3) is 0 Å². The third-order valence-electron chi connectivity index (χ3n) is 17.9. The van der Waals surface area contributed by atoms with Gasteiger partial charge in [-0.05, 0) is 165 Å². The topological polar surface area (TPSA) is 9.72 Å². The van der Waals surface area contributed by atoms with Crippen LogP contribution in [0.4, 0.5) is 51.2 Å². The van der Waals surface area contributed by atoms with Crippen molar-refractivity contribution in [3.8, 4) is 33.4 Å². The Bertz CT molecular complexity index is 4450. The molecule has 81 heavy (non-hydrogen) atoms. The zero-order valence-corrected chi connectivity index (χ0v) is 45.6. The highest BCUT2D eigenvalue weighted by Crippen LogP contribution is 2.44. The third-order valence-corrected chi connectivity index (χ3v) is 17.9. The van der Waals surface area contributed by atoms with Gasteiger partial charge in [0.15, 0.2) is 0 Å². The highest BCUT2D eigenvalue weighted by molar-refractivity contribution is 7.03. The Labute approximate surface area is 476 Å². The number of hydrogen-bond donors (Lipinski definition) is 0. The second-order valence-corrected chi connectivity index (χ2v) is 22.4. The molecular formula is C75H54B3N3. The minimum Gasteiger partial charge on any atom is -0.312 e. The molecule has 378 valence electrons. The summed E-state index contributed by atoms with van der Waals surface area (Å²) in [5, 5.41) is 0. The monoisotopic (exact) mass is 1030 g/mol. The summed E-state index contributed by atoms with van der Waals surface area (Å²) in [7, 11) is 0. The van der Waals surface area contributed by atoms with Crippen LogP contribution in [0.25, 0.3) is 33.4 Å². The Morgan fingerprint density at radius 2 is 0.605 bits per heavy atom. The molecule has 0 saturated heterocycles. The molecule has 3 nitrogen and oxygen atoms in total.